The van der Waals surface area contributed by atoms with Gasteiger partial charge in [0.05, 0.1) is 38.0 Å². The number of methoxy groups -OCH3 is 1. The molecular weight excluding hydrogens is 654 g/mol. The Morgan fingerprint density at radius 3 is 2.33 bits per heavy atom. The number of nitrogens with zero attached hydrogens (tertiary/aromatic N) is 4. The van der Waals surface area contributed by atoms with Crippen LogP contribution in [0, 0.1) is 18.3 Å². The first kappa shape index (κ1) is 36.4. The summed E-state index contributed by atoms with van der Waals surface area (Å²) in [6, 6.07) is 8.86. The molecule has 10 heteroatoms. The van der Waals surface area contributed by atoms with E-state index in [0.29, 0.717) is 44.6 Å². The number of β-amino-alcohol motifs (C(OH)–C–C–N with tert-alkyl or cyclic N) is 1. The highest BCUT2D eigenvalue weighted by Gasteiger charge is 2.50. The molecule has 0 unspecified atom stereocenters. The lowest BCUT2D eigenvalue weighted by atomic mass is 9.50. The maximum absolute atomic E-state index is 13.9. The summed E-state index contributed by atoms with van der Waals surface area (Å²) in [5.41, 5.74) is 6.20. The van der Waals surface area contributed by atoms with Gasteiger partial charge < -0.3 is 24.8 Å². The molecule has 0 spiro atoms. The number of ether oxygens (including phenoxy) is 2. The van der Waals surface area contributed by atoms with Gasteiger partial charge >= 0.3 is 6.09 Å². The number of carbonyl (C=O) groups is 2. The maximum Gasteiger partial charge on any atom is 0.410 e. The second-order valence-electron chi connectivity index (χ2n) is 16.6. The van der Waals surface area contributed by atoms with Crippen molar-refractivity contribution in [2.75, 3.05) is 25.5 Å². The number of carbonyl (C=O) groups excluding carboxylic acids is 2. The number of amides is 2. The van der Waals surface area contributed by atoms with Crippen molar-refractivity contribution in [3.63, 3.8) is 0 Å². The number of pyridine rings is 1. The summed E-state index contributed by atoms with van der Waals surface area (Å²) in [5.74, 6) is 1.42. The fraction of sp³-hybridized carbons (Fsp3) is 0.619. The third kappa shape index (κ3) is 6.95. The first-order chi connectivity index (χ1) is 25.0. The van der Waals surface area contributed by atoms with Crippen LogP contribution in [0.5, 0.6) is 5.75 Å². The summed E-state index contributed by atoms with van der Waals surface area (Å²) < 4.78 is 13.4. The molecule has 8 rings (SSSR count). The van der Waals surface area contributed by atoms with Crippen LogP contribution in [-0.2, 0) is 26.9 Å². The molecule has 2 amide bonds. The number of nitrogens with one attached hydrogen (secondary N) is 1. The van der Waals surface area contributed by atoms with Crippen molar-refractivity contribution in [3.05, 3.63) is 59.5 Å². The Morgan fingerprint density at radius 1 is 1.02 bits per heavy atom. The predicted octanol–water partition coefficient (Wildman–Crippen LogP) is 7.94. The van der Waals surface area contributed by atoms with E-state index in [4.69, 9.17) is 19.6 Å². The van der Waals surface area contributed by atoms with E-state index in [1.807, 2.05) is 12.4 Å². The van der Waals surface area contributed by atoms with Crippen LogP contribution in [-0.4, -0.2) is 69.2 Å². The van der Waals surface area contributed by atoms with Crippen molar-refractivity contribution >= 4 is 17.8 Å². The van der Waals surface area contributed by atoms with Crippen LogP contribution in [0.4, 0.5) is 10.6 Å². The molecule has 52 heavy (non-hydrogen) atoms. The first-order valence-corrected chi connectivity index (χ1v) is 19.6. The van der Waals surface area contributed by atoms with Crippen molar-refractivity contribution in [3.8, 4) is 16.9 Å². The monoisotopic (exact) mass is 711 g/mol. The quantitative estimate of drug-likeness (QED) is 0.207. The topological polar surface area (TPSA) is 119 Å². The van der Waals surface area contributed by atoms with E-state index in [9.17, 15) is 14.7 Å². The molecule has 5 fully saturated rings. The van der Waals surface area contributed by atoms with Gasteiger partial charge in [0, 0.05) is 29.4 Å². The highest BCUT2D eigenvalue weighted by Crippen LogP contribution is 2.59. The lowest BCUT2D eigenvalue weighted by Gasteiger charge is -2.54. The second kappa shape index (κ2) is 14.5. The van der Waals surface area contributed by atoms with E-state index in [2.05, 4.69) is 68.2 Å². The Hall–Kier alpha value is -3.92. The van der Waals surface area contributed by atoms with E-state index in [1.165, 1.54) is 16.0 Å². The molecule has 280 valence electrons. The number of hydrogen-bond donors (Lipinski definition) is 2. The average Bonchev–Trinajstić information content (AvgIpc) is 3.66. The van der Waals surface area contributed by atoms with Gasteiger partial charge in [0.2, 0.25) is 5.91 Å². The van der Waals surface area contributed by atoms with Crippen molar-refractivity contribution in [2.45, 2.75) is 134 Å². The third-order valence-electron chi connectivity index (χ3n) is 13.7. The summed E-state index contributed by atoms with van der Waals surface area (Å²) in [5, 5.41) is 17.7. The van der Waals surface area contributed by atoms with Gasteiger partial charge in [-0.15, -0.1) is 0 Å². The molecular formula is C42H57N5O5. The summed E-state index contributed by atoms with van der Waals surface area (Å²) in [6.45, 7) is 9.48. The van der Waals surface area contributed by atoms with Gasteiger partial charge in [-0.05, 0) is 137 Å². The van der Waals surface area contributed by atoms with Crippen molar-refractivity contribution in [2.24, 2.45) is 11.3 Å². The molecule has 1 aliphatic heterocycles. The molecule has 0 radical (unpaired) electrons. The average molecular weight is 712 g/mol. The van der Waals surface area contributed by atoms with E-state index in [-0.39, 0.29) is 40.4 Å². The molecule has 0 atom stereocenters. The van der Waals surface area contributed by atoms with E-state index in [1.54, 1.807) is 7.11 Å². The lowest BCUT2D eigenvalue weighted by Crippen LogP contribution is -2.54. The van der Waals surface area contributed by atoms with Crippen LogP contribution in [0.3, 0.4) is 0 Å². The minimum absolute atomic E-state index is 0.0135. The minimum atomic E-state index is -0.457. The fourth-order valence-corrected chi connectivity index (χ4v) is 9.41. The van der Waals surface area contributed by atoms with Crippen LogP contribution in [0.1, 0.15) is 115 Å². The van der Waals surface area contributed by atoms with Crippen LogP contribution in [0.25, 0.3) is 11.1 Å². The maximum atomic E-state index is 13.9. The Labute approximate surface area is 308 Å². The van der Waals surface area contributed by atoms with Crippen LogP contribution in [0.2, 0.25) is 0 Å². The number of rotatable bonds is 11. The first-order valence-electron chi connectivity index (χ1n) is 19.6. The molecule has 10 nitrogen and oxygen atoms in total. The Morgan fingerprint density at radius 2 is 1.71 bits per heavy atom. The predicted molar refractivity (Wildman–Crippen MR) is 201 cm³/mol. The van der Waals surface area contributed by atoms with Gasteiger partial charge in [0.15, 0.2) is 0 Å². The number of hydrogen-bond acceptors (Lipinski definition) is 7. The van der Waals surface area contributed by atoms with Crippen molar-refractivity contribution in [1.82, 2.24) is 19.7 Å². The number of likely N-dealkylation sites (tertiary alicyclic amines) is 1. The molecule has 3 aromatic rings. The van der Waals surface area contributed by atoms with Crippen molar-refractivity contribution in [1.29, 1.82) is 0 Å². The summed E-state index contributed by atoms with van der Waals surface area (Å²) >= 11 is 0. The molecule has 2 N–H and O–H groups in total. The van der Waals surface area contributed by atoms with Gasteiger partial charge in [-0.2, -0.15) is 5.10 Å². The highest BCUT2D eigenvalue weighted by atomic mass is 16.6. The second-order valence-corrected chi connectivity index (χ2v) is 16.6. The normalized spacial score (nSPS) is 26.2. The molecule has 5 aliphatic rings. The summed E-state index contributed by atoms with van der Waals surface area (Å²) in [6.07, 6.45) is 17.3. The SMILES string of the molecule is CCC(C)(CC)n1cc(-c2ccnc(NC(=O)C3CCC(OC(=O)N4CC(O)C4)CC3)c2CC23CCC(c4ccc(OC)c(C)c4)(CC2)CC3)cn1. The van der Waals surface area contributed by atoms with Gasteiger partial charge in [-0.3, -0.25) is 9.48 Å². The Balaban J connectivity index is 1.11. The minimum Gasteiger partial charge on any atom is -0.496 e. The molecule has 2 bridgehead atoms. The van der Waals surface area contributed by atoms with Crippen molar-refractivity contribution < 1.29 is 24.2 Å². The largest absolute Gasteiger partial charge is 0.496 e. The Kier molecular flexibility index (Phi) is 10.1. The van der Waals surface area contributed by atoms with Gasteiger partial charge in [-0.25, -0.2) is 9.78 Å². The van der Waals surface area contributed by atoms with Gasteiger partial charge in [-0.1, -0.05) is 26.0 Å². The number of aliphatic hydroxyl groups is 1. The number of aliphatic hydroxyl groups excluding tert-OH is 1. The van der Waals surface area contributed by atoms with Crippen LogP contribution >= 0.6 is 0 Å². The van der Waals surface area contributed by atoms with E-state index < -0.39 is 6.10 Å². The summed E-state index contributed by atoms with van der Waals surface area (Å²) in [7, 11) is 1.74. The fourth-order valence-electron chi connectivity index (χ4n) is 9.41. The van der Waals surface area contributed by atoms with Gasteiger partial charge in [0.25, 0.3) is 0 Å². The van der Waals surface area contributed by atoms with Gasteiger partial charge in [0.1, 0.15) is 17.7 Å². The van der Waals surface area contributed by atoms with E-state index in [0.717, 1.165) is 80.2 Å². The number of anilines is 1. The number of aryl methyl sites for hydroxylation is 1. The molecule has 1 saturated heterocycles. The molecule has 1 aromatic carbocycles. The Bertz CT molecular complexity index is 1740. The molecule has 4 saturated carbocycles. The smallest absolute Gasteiger partial charge is 0.410 e. The molecule has 2 aromatic heterocycles. The highest BCUT2D eigenvalue weighted by molar-refractivity contribution is 5.93. The third-order valence-corrected chi connectivity index (χ3v) is 13.7. The number of fused-ring (bicyclic) bond motifs is 3. The summed E-state index contributed by atoms with van der Waals surface area (Å²) in [4.78, 5) is 32.7. The van der Waals surface area contributed by atoms with E-state index >= 15 is 0 Å². The zero-order chi connectivity index (χ0) is 36.7. The standard InChI is InChI=1S/C42H57N5O5/c1-6-40(4,7-2)47-25-30(24-44-47)34-14-21-43-37(45-38(49)29-8-11-33(12-9-29)52-39(50)46-26-32(48)27-46)35(34)23-41-15-18-42(19-16-41,20-17-41)31-10-13-36(51-5)28(3)22-31/h10,13-14,21-22,24-25,29,32-33,48H,6-9,11-12,15-20,23,26-27H2,1-5H3,(H,43,45,49). The molecule has 4 aliphatic carbocycles. The van der Waals surface area contributed by atoms with Crippen LogP contribution < -0.4 is 10.1 Å². The molecule has 3 heterocycles. The zero-order valence-corrected chi connectivity index (χ0v) is 31.7. The number of benzene rings is 1. The zero-order valence-electron chi connectivity index (χ0n) is 31.7. The van der Waals surface area contributed by atoms with Crippen LogP contribution in [0.15, 0.2) is 42.9 Å². The lowest BCUT2D eigenvalue weighted by molar-refractivity contribution is -0.121. The number of aromatic nitrogens is 3.